The molecule has 0 atom stereocenters. The van der Waals surface area contributed by atoms with E-state index in [4.69, 9.17) is 9.47 Å². The summed E-state index contributed by atoms with van der Waals surface area (Å²) in [5.74, 6) is 1.76. The number of aryl methyl sites for hydroxylation is 2. The van der Waals surface area contributed by atoms with E-state index in [1.54, 1.807) is 7.11 Å². The number of methoxy groups -OCH3 is 1. The van der Waals surface area contributed by atoms with Crippen LogP contribution < -0.4 is 14.4 Å². The van der Waals surface area contributed by atoms with Crippen molar-refractivity contribution in [3.63, 3.8) is 0 Å². The van der Waals surface area contributed by atoms with E-state index in [2.05, 4.69) is 16.2 Å². The molecule has 1 aliphatic heterocycles. The van der Waals surface area contributed by atoms with Crippen LogP contribution >= 0.6 is 0 Å². The van der Waals surface area contributed by atoms with Gasteiger partial charge >= 0.3 is 0 Å². The molecule has 0 bridgehead atoms. The van der Waals surface area contributed by atoms with E-state index in [-0.39, 0.29) is 0 Å². The predicted molar refractivity (Wildman–Crippen MR) is 77.5 cm³/mol. The van der Waals surface area contributed by atoms with Gasteiger partial charge in [0.15, 0.2) is 0 Å². The molecule has 0 amide bonds. The van der Waals surface area contributed by atoms with E-state index in [9.17, 15) is 0 Å². The Hall–Kier alpha value is -2.17. The highest BCUT2D eigenvalue weighted by Gasteiger charge is 2.20. The summed E-state index contributed by atoms with van der Waals surface area (Å²) in [7, 11) is 3.63. The van der Waals surface area contributed by atoms with Gasteiger partial charge in [0.1, 0.15) is 18.1 Å². The van der Waals surface area contributed by atoms with Gasteiger partial charge in [-0.2, -0.15) is 5.10 Å². The molecular formula is C15H19N3O2. The van der Waals surface area contributed by atoms with Gasteiger partial charge in [-0.1, -0.05) is 0 Å². The summed E-state index contributed by atoms with van der Waals surface area (Å²) in [4.78, 5) is 2.31. The third-order valence-electron chi connectivity index (χ3n) is 3.60. The number of hydrogen-bond donors (Lipinski definition) is 0. The second kappa shape index (κ2) is 5.07. The molecule has 0 N–H and O–H groups in total. The number of nitrogens with zero attached hydrogens (tertiary/aromatic N) is 3. The SMILES string of the molecule is COc1ccc2c(c1)N(Cc1cn(C)nc1C)CCO2. The first-order valence-electron chi connectivity index (χ1n) is 6.72. The average molecular weight is 273 g/mol. The molecule has 0 saturated carbocycles. The quantitative estimate of drug-likeness (QED) is 0.859. The van der Waals surface area contributed by atoms with Gasteiger partial charge in [-0.25, -0.2) is 0 Å². The van der Waals surface area contributed by atoms with E-state index in [1.807, 2.05) is 36.9 Å². The van der Waals surface area contributed by atoms with E-state index in [0.29, 0.717) is 6.61 Å². The van der Waals surface area contributed by atoms with Gasteiger partial charge in [-0.3, -0.25) is 4.68 Å². The van der Waals surface area contributed by atoms with Crippen LogP contribution in [0.15, 0.2) is 24.4 Å². The third-order valence-corrected chi connectivity index (χ3v) is 3.60. The zero-order valence-electron chi connectivity index (χ0n) is 12.1. The lowest BCUT2D eigenvalue weighted by Gasteiger charge is -2.31. The summed E-state index contributed by atoms with van der Waals surface area (Å²) >= 11 is 0. The molecule has 2 aromatic rings. The summed E-state index contributed by atoms with van der Waals surface area (Å²) in [6.07, 6.45) is 2.07. The minimum Gasteiger partial charge on any atom is -0.497 e. The number of hydrogen-bond acceptors (Lipinski definition) is 4. The molecule has 0 saturated heterocycles. The summed E-state index contributed by atoms with van der Waals surface area (Å²) < 4.78 is 12.9. The first-order chi connectivity index (χ1) is 9.67. The van der Waals surface area contributed by atoms with Crippen LogP contribution in [-0.2, 0) is 13.6 Å². The van der Waals surface area contributed by atoms with Crippen molar-refractivity contribution < 1.29 is 9.47 Å². The highest BCUT2D eigenvalue weighted by atomic mass is 16.5. The van der Waals surface area contributed by atoms with Crippen molar-refractivity contribution >= 4 is 5.69 Å². The van der Waals surface area contributed by atoms with Crippen molar-refractivity contribution in [2.24, 2.45) is 7.05 Å². The third kappa shape index (κ3) is 2.31. The Morgan fingerprint density at radius 1 is 1.40 bits per heavy atom. The molecule has 2 heterocycles. The van der Waals surface area contributed by atoms with Crippen LogP contribution in [-0.4, -0.2) is 30.0 Å². The standard InChI is InChI=1S/C15H19N3O2/c1-11-12(9-17(2)16-11)10-18-6-7-20-15-5-4-13(19-3)8-14(15)18/h4-5,8-9H,6-7,10H2,1-3H3. The molecule has 0 aliphatic carbocycles. The van der Waals surface area contributed by atoms with Crippen LogP contribution in [0.5, 0.6) is 11.5 Å². The topological polar surface area (TPSA) is 39.5 Å². The summed E-state index contributed by atoms with van der Waals surface area (Å²) in [6.45, 7) is 4.46. The van der Waals surface area contributed by atoms with E-state index < -0.39 is 0 Å². The summed E-state index contributed by atoms with van der Waals surface area (Å²) in [5.41, 5.74) is 3.39. The van der Waals surface area contributed by atoms with Gasteiger partial charge in [0, 0.05) is 31.4 Å². The molecule has 0 fully saturated rings. The number of benzene rings is 1. The minimum atomic E-state index is 0.707. The van der Waals surface area contributed by atoms with Crippen molar-refractivity contribution in [2.75, 3.05) is 25.2 Å². The van der Waals surface area contributed by atoms with Crippen molar-refractivity contribution in [2.45, 2.75) is 13.5 Å². The van der Waals surface area contributed by atoms with E-state index >= 15 is 0 Å². The molecule has 0 unspecified atom stereocenters. The van der Waals surface area contributed by atoms with Crippen molar-refractivity contribution in [1.82, 2.24) is 9.78 Å². The summed E-state index contributed by atoms with van der Waals surface area (Å²) in [6, 6.07) is 5.92. The first kappa shape index (κ1) is 12.8. The average Bonchev–Trinajstić information content (AvgIpc) is 2.77. The maximum atomic E-state index is 5.71. The Balaban J connectivity index is 1.91. The van der Waals surface area contributed by atoms with Gasteiger partial charge < -0.3 is 14.4 Å². The van der Waals surface area contributed by atoms with Crippen LogP contribution in [0.1, 0.15) is 11.3 Å². The number of anilines is 1. The lowest BCUT2D eigenvalue weighted by atomic mass is 10.2. The van der Waals surface area contributed by atoms with Crippen molar-refractivity contribution in [3.8, 4) is 11.5 Å². The predicted octanol–water partition coefficient (Wildman–Crippen LogP) is 2.14. The molecular weight excluding hydrogens is 254 g/mol. The van der Waals surface area contributed by atoms with Gasteiger partial charge in [-0.05, 0) is 19.1 Å². The summed E-state index contributed by atoms with van der Waals surface area (Å²) in [5, 5.41) is 4.40. The fraction of sp³-hybridized carbons (Fsp3) is 0.400. The molecule has 0 radical (unpaired) electrons. The molecule has 5 nitrogen and oxygen atoms in total. The fourth-order valence-electron chi connectivity index (χ4n) is 2.55. The van der Waals surface area contributed by atoms with Crippen LogP contribution in [0, 0.1) is 6.92 Å². The number of aromatic nitrogens is 2. The van der Waals surface area contributed by atoms with Gasteiger partial charge in [-0.15, -0.1) is 0 Å². The van der Waals surface area contributed by atoms with Crippen LogP contribution in [0.4, 0.5) is 5.69 Å². The van der Waals surface area contributed by atoms with E-state index in [1.165, 1.54) is 5.56 Å². The number of rotatable bonds is 3. The van der Waals surface area contributed by atoms with Gasteiger partial charge in [0.2, 0.25) is 0 Å². The van der Waals surface area contributed by atoms with Crippen molar-refractivity contribution in [1.29, 1.82) is 0 Å². The maximum Gasteiger partial charge on any atom is 0.142 e. The van der Waals surface area contributed by atoms with Crippen LogP contribution in [0.25, 0.3) is 0 Å². The second-order valence-electron chi connectivity index (χ2n) is 5.02. The highest BCUT2D eigenvalue weighted by Crippen LogP contribution is 2.35. The normalized spacial score (nSPS) is 13.8. The molecule has 0 spiro atoms. The minimum absolute atomic E-state index is 0.707. The highest BCUT2D eigenvalue weighted by molar-refractivity contribution is 5.63. The van der Waals surface area contributed by atoms with Gasteiger partial charge in [0.25, 0.3) is 0 Å². The first-order valence-corrected chi connectivity index (χ1v) is 6.72. The molecule has 1 aliphatic rings. The zero-order chi connectivity index (χ0) is 14.1. The Morgan fingerprint density at radius 3 is 2.95 bits per heavy atom. The lowest BCUT2D eigenvalue weighted by Crippen LogP contribution is -2.32. The fourth-order valence-corrected chi connectivity index (χ4v) is 2.55. The number of ether oxygens (including phenoxy) is 2. The number of fused-ring (bicyclic) bond motifs is 1. The molecule has 20 heavy (non-hydrogen) atoms. The van der Waals surface area contributed by atoms with Gasteiger partial charge in [0.05, 0.1) is 25.0 Å². The Labute approximate surface area is 118 Å². The molecule has 1 aromatic heterocycles. The molecule has 106 valence electrons. The Bertz CT molecular complexity index is 622. The second-order valence-corrected chi connectivity index (χ2v) is 5.02. The lowest BCUT2D eigenvalue weighted by molar-refractivity contribution is 0.305. The van der Waals surface area contributed by atoms with Crippen LogP contribution in [0.2, 0.25) is 0 Å². The van der Waals surface area contributed by atoms with E-state index in [0.717, 1.165) is 36.0 Å². The van der Waals surface area contributed by atoms with Crippen molar-refractivity contribution in [3.05, 3.63) is 35.7 Å². The molecule has 3 rings (SSSR count). The maximum absolute atomic E-state index is 5.71. The zero-order valence-corrected chi connectivity index (χ0v) is 12.1. The smallest absolute Gasteiger partial charge is 0.142 e. The Kier molecular flexibility index (Phi) is 3.26. The molecule has 5 heteroatoms. The van der Waals surface area contributed by atoms with Crippen LogP contribution in [0.3, 0.4) is 0 Å². The monoisotopic (exact) mass is 273 g/mol. The Morgan fingerprint density at radius 2 is 2.25 bits per heavy atom. The molecule has 1 aromatic carbocycles. The largest absolute Gasteiger partial charge is 0.497 e.